The van der Waals surface area contributed by atoms with Gasteiger partial charge in [0.25, 0.3) is 0 Å². The zero-order valence-electron chi connectivity index (χ0n) is 14.8. The number of thiophene rings is 1. The highest BCUT2D eigenvalue weighted by atomic mass is 32.1. The first-order chi connectivity index (χ1) is 13.4. The highest BCUT2D eigenvalue weighted by Gasteiger charge is 2.24. The Labute approximate surface area is 163 Å². The van der Waals surface area contributed by atoms with Gasteiger partial charge in [-0.2, -0.15) is 16.3 Å². The largest absolute Gasteiger partial charge is 0.344 e. The number of aliphatic imine (C=N–C) groups is 1. The SMILES string of the molecule is C(#CC1CCc2ccccc21)N=C1Nc2ccccc2C(c2ccsc2)N1. The summed E-state index contributed by atoms with van der Waals surface area (Å²) < 4.78 is 0. The van der Waals surface area contributed by atoms with Crippen LogP contribution in [0.5, 0.6) is 0 Å². The van der Waals surface area contributed by atoms with Crippen molar-refractivity contribution in [3.05, 3.63) is 87.6 Å². The van der Waals surface area contributed by atoms with Crippen molar-refractivity contribution in [3.63, 3.8) is 0 Å². The summed E-state index contributed by atoms with van der Waals surface area (Å²) in [6.45, 7) is 0. The van der Waals surface area contributed by atoms with Crippen LogP contribution in [0, 0.1) is 12.0 Å². The summed E-state index contributed by atoms with van der Waals surface area (Å²) in [5.41, 5.74) is 6.34. The van der Waals surface area contributed by atoms with Crippen molar-refractivity contribution < 1.29 is 0 Å². The third-order valence-electron chi connectivity index (χ3n) is 5.22. The smallest absolute Gasteiger partial charge is 0.210 e. The Morgan fingerprint density at radius 1 is 1.00 bits per heavy atom. The van der Waals surface area contributed by atoms with E-state index in [-0.39, 0.29) is 12.0 Å². The molecule has 0 spiro atoms. The summed E-state index contributed by atoms with van der Waals surface area (Å²) in [5.74, 6) is 4.34. The topological polar surface area (TPSA) is 36.4 Å². The van der Waals surface area contributed by atoms with Crippen LogP contribution in [-0.2, 0) is 6.42 Å². The van der Waals surface area contributed by atoms with E-state index >= 15 is 0 Å². The number of guanidine groups is 1. The van der Waals surface area contributed by atoms with Gasteiger partial charge in [0.05, 0.1) is 6.04 Å². The van der Waals surface area contributed by atoms with E-state index in [1.54, 1.807) is 11.3 Å². The van der Waals surface area contributed by atoms with Gasteiger partial charge in [-0.3, -0.25) is 0 Å². The number of anilines is 1. The fraction of sp³-hybridized carbons (Fsp3) is 0.174. The summed E-state index contributed by atoms with van der Waals surface area (Å²) >= 11 is 1.71. The van der Waals surface area contributed by atoms with Gasteiger partial charge >= 0.3 is 0 Å². The molecule has 3 aromatic rings. The van der Waals surface area contributed by atoms with Crippen LogP contribution in [0.3, 0.4) is 0 Å². The average Bonchev–Trinajstić information content (AvgIpc) is 3.38. The summed E-state index contributed by atoms with van der Waals surface area (Å²) in [4.78, 5) is 4.52. The summed E-state index contributed by atoms with van der Waals surface area (Å²) in [6, 6.07) is 22.2. The van der Waals surface area contributed by atoms with Gasteiger partial charge in [0.2, 0.25) is 5.96 Å². The lowest BCUT2D eigenvalue weighted by atomic mass is 9.98. The van der Waals surface area contributed by atoms with E-state index < -0.39 is 0 Å². The third kappa shape index (κ3) is 3.11. The van der Waals surface area contributed by atoms with Crippen molar-refractivity contribution in [2.45, 2.75) is 24.8 Å². The van der Waals surface area contributed by atoms with Gasteiger partial charge in [0.1, 0.15) is 0 Å². The monoisotopic (exact) mass is 369 g/mol. The fourth-order valence-corrected chi connectivity index (χ4v) is 4.56. The molecule has 0 radical (unpaired) electrons. The number of para-hydroxylation sites is 1. The Morgan fingerprint density at radius 3 is 2.74 bits per heavy atom. The minimum Gasteiger partial charge on any atom is -0.344 e. The molecular formula is C23H19N3S. The Hall–Kier alpha value is -3.03. The Morgan fingerprint density at radius 2 is 1.85 bits per heavy atom. The summed E-state index contributed by atoms with van der Waals surface area (Å²) in [6.07, 6.45) is 2.19. The maximum atomic E-state index is 4.52. The Balaban J connectivity index is 1.42. The molecule has 3 nitrogen and oxygen atoms in total. The van der Waals surface area contributed by atoms with Gasteiger partial charge in [0, 0.05) is 23.2 Å². The van der Waals surface area contributed by atoms with Crippen molar-refractivity contribution in [2.24, 2.45) is 4.99 Å². The molecular weight excluding hydrogens is 350 g/mol. The van der Waals surface area contributed by atoms with E-state index in [1.807, 2.05) is 6.07 Å². The predicted molar refractivity (Wildman–Crippen MR) is 112 cm³/mol. The number of benzene rings is 2. The number of nitrogens with zero attached hydrogens (tertiary/aromatic N) is 1. The number of hydrogen-bond acceptors (Lipinski definition) is 2. The van der Waals surface area contributed by atoms with Crippen LogP contribution in [0.15, 0.2) is 70.3 Å². The van der Waals surface area contributed by atoms with E-state index in [4.69, 9.17) is 0 Å². The molecule has 0 amide bonds. The zero-order chi connectivity index (χ0) is 18.1. The van der Waals surface area contributed by atoms with Crippen LogP contribution in [-0.4, -0.2) is 5.96 Å². The molecule has 2 N–H and O–H groups in total. The van der Waals surface area contributed by atoms with Gasteiger partial charge in [-0.05, 0) is 52.4 Å². The van der Waals surface area contributed by atoms with Crippen LogP contribution in [0.4, 0.5) is 5.69 Å². The molecule has 2 atom stereocenters. The number of hydrogen-bond donors (Lipinski definition) is 2. The molecule has 0 bridgehead atoms. The van der Waals surface area contributed by atoms with E-state index in [2.05, 4.69) is 86.9 Å². The maximum Gasteiger partial charge on any atom is 0.210 e. The molecule has 0 fully saturated rings. The minimum atomic E-state index is 0.0986. The highest BCUT2D eigenvalue weighted by Crippen LogP contribution is 2.33. The van der Waals surface area contributed by atoms with Crippen LogP contribution >= 0.6 is 11.3 Å². The number of rotatable bonds is 1. The number of fused-ring (bicyclic) bond motifs is 2. The molecule has 0 saturated heterocycles. The average molecular weight is 369 g/mol. The molecule has 5 rings (SSSR count). The van der Waals surface area contributed by atoms with Gasteiger partial charge in [-0.1, -0.05) is 48.4 Å². The lowest BCUT2D eigenvalue weighted by Gasteiger charge is -2.28. The maximum absolute atomic E-state index is 4.52. The van der Waals surface area contributed by atoms with Crippen LogP contribution in [0.25, 0.3) is 0 Å². The number of aryl methyl sites for hydroxylation is 1. The van der Waals surface area contributed by atoms with Crippen LogP contribution < -0.4 is 10.6 Å². The predicted octanol–water partition coefficient (Wildman–Crippen LogP) is 4.90. The van der Waals surface area contributed by atoms with Gasteiger partial charge < -0.3 is 10.6 Å². The van der Waals surface area contributed by atoms with Crippen molar-refractivity contribution >= 4 is 23.0 Å². The molecule has 2 aromatic carbocycles. The number of nitrogens with one attached hydrogen (secondary N) is 2. The lowest BCUT2D eigenvalue weighted by Crippen LogP contribution is -2.39. The molecule has 132 valence electrons. The molecule has 1 aliphatic carbocycles. The molecule has 2 heterocycles. The van der Waals surface area contributed by atoms with E-state index in [1.165, 1.54) is 22.3 Å². The van der Waals surface area contributed by atoms with Crippen LogP contribution in [0.2, 0.25) is 0 Å². The minimum absolute atomic E-state index is 0.0986. The second kappa shape index (κ2) is 6.94. The van der Waals surface area contributed by atoms with Crippen LogP contribution in [0.1, 0.15) is 40.6 Å². The first-order valence-corrected chi connectivity index (χ1v) is 10.1. The zero-order valence-corrected chi connectivity index (χ0v) is 15.6. The van der Waals surface area contributed by atoms with Crippen molar-refractivity contribution in [3.8, 4) is 12.0 Å². The van der Waals surface area contributed by atoms with E-state index in [0.29, 0.717) is 5.96 Å². The second-order valence-electron chi connectivity index (χ2n) is 6.85. The summed E-state index contributed by atoms with van der Waals surface area (Å²) in [5, 5.41) is 11.2. The highest BCUT2D eigenvalue weighted by molar-refractivity contribution is 7.08. The Bertz CT molecular complexity index is 1060. The normalized spacial score (nSPS) is 21.4. The van der Waals surface area contributed by atoms with Gasteiger partial charge in [-0.25, -0.2) is 0 Å². The molecule has 2 aliphatic rings. The van der Waals surface area contributed by atoms with E-state index in [9.17, 15) is 0 Å². The first-order valence-electron chi connectivity index (χ1n) is 9.19. The molecule has 27 heavy (non-hydrogen) atoms. The lowest BCUT2D eigenvalue weighted by molar-refractivity contribution is 0.752. The first kappa shape index (κ1) is 16.2. The van der Waals surface area contributed by atoms with E-state index in [0.717, 1.165) is 18.5 Å². The van der Waals surface area contributed by atoms with Gasteiger partial charge in [-0.15, -0.1) is 0 Å². The Kier molecular flexibility index (Phi) is 4.16. The molecule has 1 aliphatic heterocycles. The van der Waals surface area contributed by atoms with Crippen molar-refractivity contribution in [1.29, 1.82) is 0 Å². The molecule has 1 aromatic heterocycles. The second-order valence-corrected chi connectivity index (χ2v) is 7.63. The molecule has 2 unspecified atom stereocenters. The molecule has 0 saturated carbocycles. The van der Waals surface area contributed by atoms with Crippen molar-refractivity contribution in [1.82, 2.24) is 5.32 Å². The standard InChI is InChI=1S/C23H19N3S/c1-2-6-19-16(5-1)9-10-17(19)11-13-24-23-25-21-8-4-3-7-20(21)22(26-23)18-12-14-27-15-18/h1-8,12,14-15,17,22H,9-10H2,(H2,24,25,26). The quantitative estimate of drug-likeness (QED) is 0.599. The molecule has 4 heteroatoms. The van der Waals surface area contributed by atoms with Gasteiger partial charge in [0.15, 0.2) is 0 Å². The fourth-order valence-electron chi connectivity index (χ4n) is 3.88. The van der Waals surface area contributed by atoms with Crippen molar-refractivity contribution in [2.75, 3.05) is 5.32 Å². The summed E-state index contributed by atoms with van der Waals surface area (Å²) in [7, 11) is 0. The third-order valence-corrected chi connectivity index (χ3v) is 5.92.